The number of nitrogens with one attached hydrogen (secondary N) is 2. The number of hydrogen-bond donors (Lipinski definition) is 3. The van der Waals surface area contributed by atoms with Crippen molar-refractivity contribution in [3.05, 3.63) is 113 Å². The fourth-order valence-corrected chi connectivity index (χ4v) is 4.95. The van der Waals surface area contributed by atoms with Crippen molar-refractivity contribution >= 4 is 33.4 Å². The van der Waals surface area contributed by atoms with Crippen LogP contribution in [0.25, 0.3) is 11.1 Å². The van der Waals surface area contributed by atoms with Crippen molar-refractivity contribution in [3.8, 4) is 11.1 Å². The molecule has 1 atom stereocenters. The lowest BCUT2D eigenvalue weighted by Crippen LogP contribution is -2.42. The number of aromatic nitrogens is 1. The van der Waals surface area contributed by atoms with Crippen molar-refractivity contribution in [1.29, 1.82) is 0 Å². The molecule has 0 amide bonds. The highest BCUT2D eigenvalue weighted by Crippen LogP contribution is 2.22. The summed E-state index contributed by atoms with van der Waals surface area (Å²) in [7, 11) is -4.02. The molecule has 184 valence electrons. The van der Waals surface area contributed by atoms with Gasteiger partial charge in [-0.05, 0) is 71.1 Å². The van der Waals surface area contributed by atoms with Crippen LogP contribution >= 0.6 is 11.6 Å². The summed E-state index contributed by atoms with van der Waals surface area (Å²) in [6, 6.07) is 25.4. The van der Waals surface area contributed by atoms with Crippen LogP contribution in [0.3, 0.4) is 0 Å². The lowest BCUT2D eigenvalue weighted by molar-refractivity contribution is -0.138. The van der Waals surface area contributed by atoms with E-state index in [1.807, 2.05) is 48.5 Å². The minimum atomic E-state index is -4.02. The molecule has 0 bridgehead atoms. The Bertz CT molecular complexity index is 1430. The number of halogens is 1. The van der Waals surface area contributed by atoms with E-state index in [1.54, 1.807) is 18.3 Å². The summed E-state index contributed by atoms with van der Waals surface area (Å²) in [4.78, 5) is 16.0. The van der Waals surface area contributed by atoms with Gasteiger partial charge in [-0.15, -0.1) is 0 Å². The summed E-state index contributed by atoms with van der Waals surface area (Å²) in [6.07, 6.45) is 1.73. The number of nitrogens with zero attached hydrogens (tertiary/aromatic N) is 1. The highest BCUT2D eigenvalue weighted by Gasteiger charge is 2.25. The van der Waals surface area contributed by atoms with Gasteiger partial charge < -0.3 is 10.4 Å². The molecule has 0 aliphatic heterocycles. The van der Waals surface area contributed by atoms with Gasteiger partial charge in [-0.2, -0.15) is 4.72 Å². The maximum atomic E-state index is 12.6. The number of benzene rings is 3. The second-order valence-corrected chi connectivity index (χ2v) is 10.3. The van der Waals surface area contributed by atoms with E-state index in [2.05, 4.69) is 21.1 Å². The van der Waals surface area contributed by atoms with Crippen LogP contribution in [0.5, 0.6) is 0 Å². The summed E-state index contributed by atoms with van der Waals surface area (Å²) < 4.78 is 27.5. The van der Waals surface area contributed by atoms with Crippen molar-refractivity contribution in [3.63, 3.8) is 0 Å². The number of rotatable bonds is 10. The average Bonchev–Trinajstić information content (AvgIpc) is 2.88. The predicted octanol–water partition coefficient (Wildman–Crippen LogP) is 4.99. The van der Waals surface area contributed by atoms with Gasteiger partial charge in [0.15, 0.2) is 0 Å². The Labute approximate surface area is 214 Å². The zero-order chi connectivity index (χ0) is 25.5. The van der Waals surface area contributed by atoms with E-state index in [0.29, 0.717) is 17.1 Å². The van der Waals surface area contributed by atoms with Gasteiger partial charge in [0.05, 0.1) is 4.90 Å². The van der Waals surface area contributed by atoms with Gasteiger partial charge in [0, 0.05) is 17.8 Å². The van der Waals surface area contributed by atoms with Crippen LogP contribution in [0.2, 0.25) is 5.02 Å². The maximum Gasteiger partial charge on any atom is 0.322 e. The molecule has 1 aromatic heterocycles. The molecule has 0 saturated carbocycles. The summed E-state index contributed by atoms with van der Waals surface area (Å²) >= 11 is 5.82. The SMILES string of the molecule is O=C(O)C(Cc1ccc(-c2cccc(CNc3ccccn3)c2)cc1)NS(=O)(=O)c1ccc(Cl)cc1. The first-order valence-electron chi connectivity index (χ1n) is 11.1. The predicted molar refractivity (Wildman–Crippen MR) is 140 cm³/mol. The minimum Gasteiger partial charge on any atom is -0.480 e. The van der Waals surface area contributed by atoms with Gasteiger partial charge >= 0.3 is 5.97 Å². The van der Waals surface area contributed by atoms with Crippen molar-refractivity contribution in [2.45, 2.75) is 23.9 Å². The number of sulfonamides is 1. The Morgan fingerprint density at radius 1 is 0.889 bits per heavy atom. The maximum absolute atomic E-state index is 12.6. The zero-order valence-corrected chi connectivity index (χ0v) is 20.7. The molecule has 7 nitrogen and oxygen atoms in total. The fourth-order valence-electron chi connectivity index (χ4n) is 3.64. The Morgan fingerprint density at radius 2 is 1.64 bits per heavy atom. The Morgan fingerprint density at radius 3 is 2.31 bits per heavy atom. The minimum absolute atomic E-state index is 0.00350. The van der Waals surface area contributed by atoms with Crippen molar-refractivity contribution in [2.75, 3.05) is 5.32 Å². The lowest BCUT2D eigenvalue weighted by atomic mass is 9.99. The second kappa shape index (κ2) is 11.3. The van der Waals surface area contributed by atoms with Crippen molar-refractivity contribution < 1.29 is 18.3 Å². The van der Waals surface area contributed by atoms with Crippen LogP contribution in [0, 0.1) is 0 Å². The van der Waals surface area contributed by atoms with E-state index in [9.17, 15) is 18.3 Å². The first kappa shape index (κ1) is 25.4. The molecule has 9 heteroatoms. The number of carboxylic acid groups (broad SMARTS) is 1. The Hall–Kier alpha value is -3.72. The zero-order valence-electron chi connectivity index (χ0n) is 19.1. The molecular formula is C27H24ClN3O4S. The van der Waals surface area contributed by atoms with Gasteiger partial charge in [0.2, 0.25) is 10.0 Å². The number of hydrogen-bond acceptors (Lipinski definition) is 5. The van der Waals surface area contributed by atoms with Crippen LogP contribution < -0.4 is 10.0 Å². The summed E-state index contributed by atoms with van der Waals surface area (Å²) in [5.41, 5.74) is 3.76. The van der Waals surface area contributed by atoms with E-state index >= 15 is 0 Å². The highest BCUT2D eigenvalue weighted by atomic mass is 35.5. The first-order valence-corrected chi connectivity index (χ1v) is 13.0. The van der Waals surface area contributed by atoms with Crippen LogP contribution in [0.15, 0.2) is 102 Å². The molecule has 1 unspecified atom stereocenters. The third-order valence-electron chi connectivity index (χ3n) is 5.51. The van der Waals surface area contributed by atoms with Gasteiger partial charge in [-0.1, -0.05) is 60.1 Å². The molecule has 0 radical (unpaired) electrons. The molecule has 0 saturated heterocycles. The molecule has 0 fully saturated rings. The summed E-state index contributed by atoms with van der Waals surface area (Å²) in [5.74, 6) is -0.461. The quantitative estimate of drug-likeness (QED) is 0.271. The number of carbonyl (C=O) groups is 1. The average molecular weight is 522 g/mol. The van der Waals surface area contributed by atoms with E-state index in [4.69, 9.17) is 11.6 Å². The molecule has 0 aliphatic carbocycles. The molecular weight excluding hydrogens is 498 g/mol. The largest absolute Gasteiger partial charge is 0.480 e. The number of aliphatic carboxylic acids is 1. The molecule has 3 aromatic carbocycles. The number of carboxylic acids is 1. The van der Waals surface area contributed by atoms with E-state index < -0.39 is 22.0 Å². The van der Waals surface area contributed by atoms with E-state index in [0.717, 1.165) is 22.5 Å². The van der Waals surface area contributed by atoms with Crippen LogP contribution in [0.4, 0.5) is 5.82 Å². The van der Waals surface area contributed by atoms with Gasteiger partial charge in [0.1, 0.15) is 11.9 Å². The first-order chi connectivity index (χ1) is 17.3. The smallest absolute Gasteiger partial charge is 0.322 e. The van der Waals surface area contributed by atoms with Crippen LogP contribution in [0.1, 0.15) is 11.1 Å². The molecule has 36 heavy (non-hydrogen) atoms. The normalized spacial score (nSPS) is 12.1. The number of anilines is 1. The van der Waals surface area contributed by atoms with Gasteiger partial charge in [-0.25, -0.2) is 13.4 Å². The Balaban J connectivity index is 1.44. The van der Waals surface area contributed by atoms with E-state index in [1.165, 1.54) is 24.3 Å². The molecule has 0 spiro atoms. The van der Waals surface area contributed by atoms with Crippen molar-refractivity contribution in [1.82, 2.24) is 9.71 Å². The third kappa shape index (κ3) is 6.69. The summed E-state index contributed by atoms with van der Waals surface area (Å²) in [5, 5.41) is 13.3. The monoisotopic (exact) mass is 521 g/mol. The van der Waals surface area contributed by atoms with Crippen LogP contribution in [-0.2, 0) is 27.8 Å². The van der Waals surface area contributed by atoms with Crippen molar-refractivity contribution in [2.24, 2.45) is 0 Å². The van der Waals surface area contributed by atoms with Gasteiger partial charge in [-0.3, -0.25) is 4.79 Å². The standard InChI is InChI=1S/C27H24ClN3O4S/c28-23-11-13-24(14-12-23)36(34,35)31-25(27(32)33)17-19-7-9-21(10-8-19)22-5-3-4-20(16-22)18-30-26-6-1-2-15-29-26/h1-16,25,31H,17-18H2,(H,29,30)(H,32,33). The third-order valence-corrected chi connectivity index (χ3v) is 7.25. The van der Waals surface area contributed by atoms with E-state index in [-0.39, 0.29) is 11.3 Å². The summed E-state index contributed by atoms with van der Waals surface area (Å²) in [6.45, 7) is 0.622. The Kier molecular flexibility index (Phi) is 8.00. The topological polar surface area (TPSA) is 108 Å². The lowest BCUT2D eigenvalue weighted by Gasteiger charge is -2.15. The molecule has 3 N–H and O–H groups in total. The molecule has 4 rings (SSSR count). The van der Waals surface area contributed by atoms with Crippen LogP contribution in [-0.4, -0.2) is 30.5 Å². The fraction of sp³-hybridized carbons (Fsp3) is 0.111. The molecule has 0 aliphatic rings. The second-order valence-electron chi connectivity index (χ2n) is 8.14. The molecule has 1 heterocycles. The highest BCUT2D eigenvalue weighted by molar-refractivity contribution is 7.89. The van der Waals surface area contributed by atoms with Gasteiger partial charge in [0.25, 0.3) is 0 Å². The molecule has 4 aromatic rings. The number of pyridine rings is 1.